The molecule has 0 fully saturated rings. The smallest absolute Gasteiger partial charge is 0.257 e. The Morgan fingerprint density at radius 3 is 2.32 bits per heavy atom. The molecule has 1 aromatic carbocycles. The average molecular weight is 366 g/mol. The summed E-state index contributed by atoms with van der Waals surface area (Å²) in [5.41, 5.74) is 5.35. The zero-order valence-electron chi connectivity index (χ0n) is 14.0. The van der Waals surface area contributed by atoms with E-state index < -0.39 is 11.8 Å². The van der Waals surface area contributed by atoms with Crippen LogP contribution in [0.5, 0.6) is 17.2 Å². The van der Waals surface area contributed by atoms with Crippen LogP contribution in [0.15, 0.2) is 12.1 Å². The largest absolute Gasteiger partial charge is 0.493 e. The first-order chi connectivity index (χ1) is 12.0. The minimum Gasteiger partial charge on any atom is -0.493 e. The first-order valence-corrected chi connectivity index (χ1v) is 8.11. The maximum Gasteiger partial charge on any atom is 0.257 e. The first kappa shape index (κ1) is 18.5. The number of carbonyl (C=O) groups excluding carboxylic acids is 2. The summed E-state index contributed by atoms with van der Waals surface area (Å²) < 4.78 is 15.7. The van der Waals surface area contributed by atoms with Crippen molar-refractivity contribution in [2.24, 2.45) is 5.73 Å². The van der Waals surface area contributed by atoms with Gasteiger partial charge in [0.25, 0.3) is 11.8 Å². The molecule has 0 spiro atoms. The number of nitrogens with two attached hydrogens (primary N) is 1. The van der Waals surface area contributed by atoms with Gasteiger partial charge in [-0.15, -0.1) is 10.2 Å². The van der Waals surface area contributed by atoms with Crippen LogP contribution in [0.4, 0.5) is 5.13 Å². The summed E-state index contributed by atoms with van der Waals surface area (Å²) in [5, 5.41) is 11.7. The van der Waals surface area contributed by atoms with Crippen LogP contribution >= 0.6 is 11.3 Å². The summed E-state index contributed by atoms with van der Waals surface area (Å²) in [4.78, 5) is 23.3. The first-order valence-electron chi connectivity index (χ1n) is 7.29. The number of amides is 2. The van der Waals surface area contributed by atoms with Gasteiger partial charge in [-0.25, -0.2) is 0 Å². The number of aryl methyl sites for hydroxylation is 1. The van der Waals surface area contributed by atoms with Crippen molar-refractivity contribution in [2.75, 3.05) is 26.1 Å². The third-order valence-corrected chi connectivity index (χ3v) is 4.05. The number of carbonyl (C=O) groups is 2. The van der Waals surface area contributed by atoms with Crippen molar-refractivity contribution in [1.29, 1.82) is 0 Å². The zero-order chi connectivity index (χ0) is 18.4. The average Bonchev–Trinajstić information content (AvgIpc) is 3.06. The van der Waals surface area contributed by atoms with Crippen LogP contribution in [-0.4, -0.2) is 42.8 Å². The maximum absolute atomic E-state index is 12.4. The molecule has 0 bridgehead atoms. The summed E-state index contributed by atoms with van der Waals surface area (Å²) in [5.74, 6) is -0.398. The highest BCUT2D eigenvalue weighted by Crippen LogP contribution is 2.38. The molecule has 0 atom stereocenters. The highest BCUT2D eigenvalue weighted by molar-refractivity contribution is 7.15. The van der Waals surface area contributed by atoms with Crippen LogP contribution in [0.2, 0.25) is 0 Å². The number of nitrogens with zero attached hydrogens (tertiary/aromatic N) is 2. The molecular weight excluding hydrogens is 348 g/mol. The van der Waals surface area contributed by atoms with Crippen molar-refractivity contribution < 1.29 is 23.8 Å². The van der Waals surface area contributed by atoms with E-state index in [-0.39, 0.29) is 29.4 Å². The number of hydrogen-bond donors (Lipinski definition) is 2. The molecule has 0 unspecified atom stereocenters. The van der Waals surface area contributed by atoms with Gasteiger partial charge in [0.05, 0.1) is 14.2 Å². The number of anilines is 1. The third-order valence-electron chi connectivity index (χ3n) is 3.07. The van der Waals surface area contributed by atoms with Gasteiger partial charge in [-0.1, -0.05) is 18.3 Å². The van der Waals surface area contributed by atoms with Crippen LogP contribution in [0.25, 0.3) is 0 Å². The van der Waals surface area contributed by atoms with Crippen molar-refractivity contribution in [3.63, 3.8) is 0 Å². The molecule has 0 aliphatic carbocycles. The van der Waals surface area contributed by atoms with Crippen molar-refractivity contribution in [3.05, 3.63) is 22.7 Å². The summed E-state index contributed by atoms with van der Waals surface area (Å²) in [6.07, 6.45) is 0.737. The molecule has 25 heavy (non-hydrogen) atoms. The van der Waals surface area contributed by atoms with E-state index in [2.05, 4.69) is 15.5 Å². The molecule has 2 aromatic rings. The molecule has 3 N–H and O–H groups in total. The van der Waals surface area contributed by atoms with Crippen molar-refractivity contribution >= 4 is 28.3 Å². The number of rotatable bonds is 8. The molecule has 2 rings (SSSR count). The topological polar surface area (TPSA) is 126 Å². The van der Waals surface area contributed by atoms with E-state index in [1.807, 2.05) is 6.92 Å². The Morgan fingerprint density at radius 2 is 1.84 bits per heavy atom. The number of hydrogen-bond acceptors (Lipinski definition) is 8. The lowest BCUT2D eigenvalue weighted by Gasteiger charge is -2.15. The number of aromatic nitrogens is 2. The molecule has 2 amide bonds. The third kappa shape index (κ3) is 4.57. The standard InChI is InChI=1S/C15H18N4O5S/c1-4-12-18-19-15(25-12)17-14(21)8-5-9(22-2)13(10(6-8)23-3)24-7-11(16)20/h5-6H,4,7H2,1-3H3,(H2,16,20)(H,17,19,21). The van der Waals surface area contributed by atoms with Gasteiger partial charge in [0.2, 0.25) is 10.9 Å². The summed E-state index contributed by atoms with van der Waals surface area (Å²) in [6, 6.07) is 2.94. The molecule has 0 radical (unpaired) electrons. The number of ether oxygens (including phenoxy) is 3. The molecular formula is C15H18N4O5S. The lowest BCUT2D eigenvalue weighted by molar-refractivity contribution is -0.120. The van der Waals surface area contributed by atoms with Crippen molar-refractivity contribution in [1.82, 2.24) is 10.2 Å². The number of nitrogens with one attached hydrogen (secondary N) is 1. The van der Waals surface area contributed by atoms with E-state index in [1.54, 1.807) is 0 Å². The van der Waals surface area contributed by atoms with Crippen LogP contribution in [0.3, 0.4) is 0 Å². The Hall–Kier alpha value is -2.88. The van der Waals surface area contributed by atoms with Crippen LogP contribution < -0.4 is 25.3 Å². The molecule has 1 heterocycles. The van der Waals surface area contributed by atoms with Crippen molar-refractivity contribution in [2.45, 2.75) is 13.3 Å². The van der Waals surface area contributed by atoms with E-state index in [1.165, 1.54) is 37.7 Å². The molecule has 1 aromatic heterocycles. The van der Waals surface area contributed by atoms with Crippen molar-refractivity contribution in [3.8, 4) is 17.2 Å². The Kier molecular flexibility index (Phi) is 6.12. The van der Waals surface area contributed by atoms with Gasteiger partial charge in [0, 0.05) is 5.56 Å². The predicted molar refractivity (Wildman–Crippen MR) is 91.5 cm³/mol. The summed E-state index contributed by atoms with van der Waals surface area (Å²) in [6.45, 7) is 1.61. The molecule has 0 aliphatic heterocycles. The van der Waals surface area contributed by atoms with Crippen LogP contribution in [-0.2, 0) is 11.2 Å². The fourth-order valence-electron chi connectivity index (χ4n) is 1.91. The van der Waals surface area contributed by atoms with Gasteiger partial charge in [-0.2, -0.15) is 0 Å². The van der Waals surface area contributed by atoms with E-state index in [0.29, 0.717) is 5.13 Å². The molecule has 0 saturated heterocycles. The maximum atomic E-state index is 12.4. The minimum atomic E-state index is -0.645. The van der Waals surface area contributed by atoms with Gasteiger partial charge in [-0.05, 0) is 18.6 Å². The normalized spacial score (nSPS) is 10.2. The molecule has 9 nitrogen and oxygen atoms in total. The summed E-state index contributed by atoms with van der Waals surface area (Å²) >= 11 is 1.30. The molecule has 0 saturated carbocycles. The number of primary amides is 1. The Bertz CT molecular complexity index is 752. The number of methoxy groups -OCH3 is 2. The van der Waals surface area contributed by atoms with Crippen LogP contribution in [0.1, 0.15) is 22.3 Å². The SMILES string of the molecule is CCc1nnc(NC(=O)c2cc(OC)c(OCC(N)=O)c(OC)c2)s1. The quantitative estimate of drug-likeness (QED) is 0.719. The fourth-order valence-corrected chi connectivity index (χ4v) is 2.59. The highest BCUT2D eigenvalue weighted by Gasteiger charge is 2.19. The lowest BCUT2D eigenvalue weighted by atomic mass is 10.1. The Balaban J connectivity index is 2.27. The molecule has 134 valence electrons. The van der Waals surface area contributed by atoms with Gasteiger partial charge in [0.15, 0.2) is 18.1 Å². The van der Waals surface area contributed by atoms with Gasteiger partial charge in [-0.3, -0.25) is 14.9 Å². The fraction of sp³-hybridized carbons (Fsp3) is 0.333. The van der Waals surface area contributed by atoms with Gasteiger partial charge >= 0.3 is 0 Å². The van der Waals surface area contributed by atoms with E-state index in [0.717, 1.165) is 11.4 Å². The number of benzene rings is 1. The Labute approximate surface area is 148 Å². The Morgan fingerprint density at radius 1 is 1.20 bits per heavy atom. The lowest BCUT2D eigenvalue weighted by Crippen LogP contribution is -2.20. The predicted octanol–water partition coefficient (Wildman–Crippen LogP) is 1.23. The summed E-state index contributed by atoms with van der Waals surface area (Å²) in [7, 11) is 2.82. The van der Waals surface area contributed by atoms with Gasteiger partial charge in [0.1, 0.15) is 5.01 Å². The zero-order valence-corrected chi connectivity index (χ0v) is 14.8. The molecule has 10 heteroatoms. The second-order valence-corrected chi connectivity index (χ2v) is 5.84. The van der Waals surface area contributed by atoms with E-state index in [4.69, 9.17) is 19.9 Å². The van der Waals surface area contributed by atoms with Gasteiger partial charge < -0.3 is 19.9 Å². The second-order valence-electron chi connectivity index (χ2n) is 4.77. The second kappa shape index (κ2) is 8.29. The highest BCUT2D eigenvalue weighted by atomic mass is 32.1. The molecule has 0 aliphatic rings. The minimum absolute atomic E-state index is 0.185. The van der Waals surface area contributed by atoms with E-state index >= 15 is 0 Å². The van der Waals surface area contributed by atoms with E-state index in [9.17, 15) is 9.59 Å². The monoisotopic (exact) mass is 366 g/mol. The van der Waals surface area contributed by atoms with Crippen LogP contribution in [0, 0.1) is 0 Å².